The zero-order valence-corrected chi connectivity index (χ0v) is 16.9. The summed E-state index contributed by atoms with van der Waals surface area (Å²) in [7, 11) is 0. The number of hydrogen-bond donors (Lipinski definition) is 1. The van der Waals surface area contributed by atoms with E-state index in [9.17, 15) is 14.9 Å². The fraction of sp³-hybridized carbons (Fsp3) is 0.682. The highest BCUT2D eigenvalue weighted by molar-refractivity contribution is 5.66. The number of carbonyl (C=O) groups is 1. The predicted octanol–water partition coefficient (Wildman–Crippen LogP) is 6.52. The van der Waals surface area contributed by atoms with Gasteiger partial charge in [0.25, 0.3) is 5.69 Å². The molecule has 0 unspecified atom stereocenters. The Labute approximate surface area is 168 Å². The van der Waals surface area contributed by atoms with Crippen LogP contribution in [0.4, 0.5) is 5.69 Å². The second-order valence-corrected chi connectivity index (χ2v) is 7.34. The molecule has 6 nitrogen and oxygen atoms in total. The molecule has 0 bridgehead atoms. The number of aliphatic carboxylic acids is 1. The Balaban J connectivity index is 1.80. The lowest BCUT2D eigenvalue weighted by Gasteiger charge is -2.06. The van der Waals surface area contributed by atoms with Crippen molar-refractivity contribution in [2.75, 3.05) is 6.61 Å². The summed E-state index contributed by atoms with van der Waals surface area (Å²) in [5, 5.41) is 19.2. The van der Waals surface area contributed by atoms with Crippen molar-refractivity contribution < 1.29 is 19.6 Å². The Morgan fingerprint density at radius 3 is 1.64 bits per heavy atom. The van der Waals surface area contributed by atoms with Crippen LogP contribution in [0.15, 0.2) is 24.3 Å². The summed E-state index contributed by atoms with van der Waals surface area (Å²) in [5.41, 5.74) is 0.0862. The van der Waals surface area contributed by atoms with Crippen molar-refractivity contribution in [2.45, 2.75) is 89.9 Å². The van der Waals surface area contributed by atoms with E-state index in [1.165, 1.54) is 63.5 Å². The molecule has 28 heavy (non-hydrogen) atoms. The molecule has 0 fully saturated rings. The van der Waals surface area contributed by atoms with E-state index < -0.39 is 10.9 Å². The number of ether oxygens (including phenoxy) is 1. The fourth-order valence-electron chi connectivity index (χ4n) is 3.18. The van der Waals surface area contributed by atoms with Crippen molar-refractivity contribution in [1.29, 1.82) is 0 Å². The van der Waals surface area contributed by atoms with Gasteiger partial charge in [0, 0.05) is 18.6 Å². The third-order valence-corrected chi connectivity index (χ3v) is 4.85. The first-order valence-electron chi connectivity index (χ1n) is 10.7. The number of carboxylic acids is 1. The standard InChI is InChI=1S/C22H35NO5/c24-22(25)14-12-10-8-6-4-2-1-3-5-7-9-11-13-19-28-21-17-15-20(16-18-21)23(26)27/h15-18H,1-14,19H2,(H,24,25). The molecule has 1 aromatic carbocycles. The van der Waals surface area contributed by atoms with E-state index in [1.54, 1.807) is 12.1 Å². The first-order valence-corrected chi connectivity index (χ1v) is 10.7. The van der Waals surface area contributed by atoms with Gasteiger partial charge in [-0.05, 0) is 25.0 Å². The van der Waals surface area contributed by atoms with Crippen LogP contribution in [0.5, 0.6) is 5.75 Å². The minimum Gasteiger partial charge on any atom is -0.494 e. The molecule has 0 aliphatic rings. The van der Waals surface area contributed by atoms with Gasteiger partial charge in [0.15, 0.2) is 0 Å². The summed E-state index contributed by atoms with van der Waals surface area (Å²) in [6.07, 6.45) is 15.7. The number of rotatable bonds is 18. The average molecular weight is 394 g/mol. The Kier molecular flexibility index (Phi) is 13.6. The van der Waals surface area contributed by atoms with E-state index in [1.807, 2.05) is 0 Å². The second kappa shape index (κ2) is 15.9. The lowest BCUT2D eigenvalue weighted by atomic mass is 10.0. The van der Waals surface area contributed by atoms with Crippen LogP contribution in [0.3, 0.4) is 0 Å². The highest BCUT2D eigenvalue weighted by atomic mass is 16.6. The number of nitro benzene ring substituents is 1. The summed E-state index contributed by atoms with van der Waals surface area (Å²) in [6, 6.07) is 6.23. The van der Waals surface area contributed by atoms with Gasteiger partial charge in [0.05, 0.1) is 11.5 Å². The smallest absolute Gasteiger partial charge is 0.303 e. The molecule has 0 heterocycles. The summed E-state index contributed by atoms with van der Waals surface area (Å²) >= 11 is 0. The van der Waals surface area contributed by atoms with Crippen LogP contribution in [-0.4, -0.2) is 22.6 Å². The second-order valence-electron chi connectivity index (χ2n) is 7.34. The van der Waals surface area contributed by atoms with E-state index in [0.29, 0.717) is 18.8 Å². The van der Waals surface area contributed by atoms with Crippen LogP contribution in [0.1, 0.15) is 89.9 Å². The van der Waals surface area contributed by atoms with Gasteiger partial charge in [-0.25, -0.2) is 0 Å². The van der Waals surface area contributed by atoms with E-state index in [2.05, 4.69) is 0 Å². The fourth-order valence-corrected chi connectivity index (χ4v) is 3.18. The molecule has 0 spiro atoms. The molecule has 0 saturated heterocycles. The van der Waals surface area contributed by atoms with Crippen LogP contribution in [0.2, 0.25) is 0 Å². The van der Waals surface area contributed by atoms with Crippen molar-refractivity contribution in [2.24, 2.45) is 0 Å². The molecular weight excluding hydrogens is 358 g/mol. The van der Waals surface area contributed by atoms with Gasteiger partial charge in [-0.3, -0.25) is 14.9 Å². The first kappa shape index (κ1) is 23.9. The summed E-state index contributed by atoms with van der Waals surface area (Å²) in [5.74, 6) is 0.00417. The van der Waals surface area contributed by atoms with Gasteiger partial charge in [-0.15, -0.1) is 0 Å². The predicted molar refractivity (Wildman–Crippen MR) is 111 cm³/mol. The van der Waals surface area contributed by atoms with E-state index in [4.69, 9.17) is 9.84 Å². The maximum atomic E-state index is 10.6. The molecule has 6 heteroatoms. The average Bonchev–Trinajstić information content (AvgIpc) is 2.67. The number of unbranched alkanes of at least 4 members (excludes halogenated alkanes) is 12. The van der Waals surface area contributed by atoms with Gasteiger partial charge in [0.2, 0.25) is 0 Å². The SMILES string of the molecule is O=C(O)CCCCCCCCCCCCCCCOc1ccc([N+](=O)[O-])cc1. The quantitative estimate of drug-likeness (QED) is 0.174. The number of benzene rings is 1. The zero-order valence-electron chi connectivity index (χ0n) is 16.9. The van der Waals surface area contributed by atoms with Crippen LogP contribution in [-0.2, 0) is 4.79 Å². The summed E-state index contributed by atoms with van der Waals surface area (Å²) in [4.78, 5) is 20.6. The van der Waals surface area contributed by atoms with Crippen LogP contribution in [0, 0.1) is 10.1 Å². The number of nitrogens with zero attached hydrogens (tertiary/aromatic N) is 1. The van der Waals surface area contributed by atoms with Gasteiger partial charge in [0.1, 0.15) is 5.75 Å². The first-order chi connectivity index (χ1) is 13.6. The maximum Gasteiger partial charge on any atom is 0.303 e. The molecule has 0 amide bonds. The van der Waals surface area contributed by atoms with Gasteiger partial charge < -0.3 is 9.84 Å². The van der Waals surface area contributed by atoms with Crippen molar-refractivity contribution in [3.05, 3.63) is 34.4 Å². The molecule has 158 valence electrons. The molecule has 0 aliphatic carbocycles. The van der Waals surface area contributed by atoms with Crippen molar-refractivity contribution >= 4 is 11.7 Å². The molecule has 0 radical (unpaired) electrons. The normalized spacial score (nSPS) is 10.7. The highest BCUT2D eigenvalue weighted by Gasteiger charge is 2.04. The topological polar surface area (TPSA) is 89.7 Å². The molecular formula is C22H35NO5. The number of nitro groups is 1. The van der Waals surface area contributed by atoms with Crippen LogP contribution >= 0.6 is 0 Å². The molecule has 1 aromatic rings. The lowest BCUT2D eigenvalue weighted by Crippen LogP contribution is -1.97. The molecule has 0 aromatic heterocycles. The maximum absolute atomic E-state index is 10.6. The minimum absolute atomic E-state index is 0.0862. The summed E-state index contributed by atoms with van der Waals surface area (Å²) in [6.45, 7) is 0.657. The van der Waals surface area contributed by atoms with Crippen LogP contribution in [0.25, 0.3) is 0 Å². The zero-order chi connectivity index (χ0) is 20.5. The lowest BCUT2D eigenvalue weighted by molar-refractivity contribution is -0.384. The summed E-state index contributed by atoms with van der Waals surface area (Å²) < 4.78 is 5.61. The Morgan fingerprint density at radius 1 is 0.786 bits per heavy atom. The van der Waals surface area contributed by atoms with E-state index in [-0.39, 0.29) is 5.69 Å². The molecule has 1 N–H and O–H groups in total. The van der Waals surface area contributed by atoms with E-state index in [0.717, 1.165) is 32.1 Å². The van der Waals surface area contributed by atoms with Crippen molar-refractivity contribution in [3.8, 4) is 5.75 Å². The third-order valence-electron chi connectivity index (χ3n) is 4.85. The van der Waals surface area contributed by atoms with Crippen molar-refractivity contribution in [3.63, 3.8) is 0 Å². The third kappa shape index (κ3) is 13.1. The monoisotopic (exact) mass is 393 g/mol. The number of non-ortho nitro benzene ring substituents is 1. The Hall–Kier alpha value is -2.11. The Bertz CT molecular complexity index is 544. The highest BCUT2D eigenvalue weighted by Crippen LogP contribution is 2.18. The van der Waals surface area contributed by atoms with E-state index >= 15 is 0 Å². The molecule has 0 atom stereocenters. The Morgan fingerprint density at radius 2 is 1.21 bits per heavy atom. The van der Waals surface area contributed by atoms with Gasteiger partial charge >= 0.3 is 5.97 Å². The van der Waals surface area contributed by atoms with Crippen molar-refractivity contribution in [1.82, 2.24) is 0 Å². The van der Waals surface area contributed by atoms with Crippen LogP contribution < -0.4 is 4.74 Å². The molecule has 0 aliphatic heterocycles. The molecule has 0 saturated carbocycles. The number of hydrogen-bond acceptors (Lipinski definition) is 4. The largest absolute Gasteiger partial charge is 0.494 e. The molecule has 1 rings (SSSR count). The van der Waals surface area contributed by atoms with Gasteiger partial charge in [-0.1, -0.05) is 70.6 Å². The number of carboxylic acid groups (broad SMARTS) is 1. The minimum atomic E-state index is -0.683. The van der Waals surface area contributed by atoms with Gasteiger partial charge in [-0.2, -0.15) is 0 Å².